The van der Waals surface area contributed by atoms with E-state index >= 15 is 0 Å². The molecule has 5 heteroatoms. The summed E-state index contributed by atoms with van der Waals surface area (Å²) < 4.78 is 1.41. The van der Waals surface area contributed by atoms with Gasteiger partial charge in [-0.2, -0.15) is 0 Å². The van der Waals surface area contributed by atoms with E-state index in [0.29, 0.717) is 12.0 Å². The molecule has 0 radical (unpaired) electrons. The van der Waals surface area contributed by atoms with Crippen molar-refractivity contribution in [1.82, 2.24) is 4.98 Å². The smallest absolute Gasteiger partial charge is 0.269 e. The highest BCUT2D eigenvalue weighted by molar-refractivity contribution is 9.10. The predicted octanol–water partition coefficient (Wildman–Crippen LogP) is 2.88. The van der Waals surface area contributed by atoms with Crippen LogP contribution in [-0.2, 0) is 6.42 Å². The SMILES string of the molecule is Cc1ccc(N(Br)C(=O)c2cccnc2)c(CCO)c1. The van der Waals surface area contributed by atoms with Crippen molar-refractivity contribution in [3.63, 3.8) is 0 Å². The molecule has 0 aliphatic rings. The molecule has 0 saturated heterocycles. The quantitative estimate of drug-likeness (QED) is 0.874. The van der Waals surface area contributed by atoms with Crippen LogP contribution in [0.2, 0.25) is 0 Å². The van der Waals surface area contributed by atoms with E-state index in [-0.39, 0.29) is 12.5 Å². The second-order valence-corrected chi connectivity index (χ2v) is 5.14. The Hall–Kier alpha value is -1.72. The molecule has 20 heavy (non-hydrogen) atoms. The van der Waals surface area contributed by atoms with Gasteiger partial charge in [0, 0.05) is 19.0 Å². The topological polar surface area (TPSA) is 53.4 Å². The van der Waals surface area contributed by atoms with E-state index in [4.69, 9.17) is 5.11 Å². The third-order valence-electron chi connectivity index (χ3n) is 2.91. The Bertz CT molecular complexity index is 602. The summed E-state index contributed by atoms with van der Waals surface area (Å²) in [4.78, 5) is 16.3. The third-order valence-corrected chi connectivity index (χ3v) is 3.62. The minimum atomic E-state index is -0.193. The van der Waals surface area contributed by atoms with Gasteiger partial charge in [-0.25, -0.2) is 3.93 Å². The minimum absolute atomic E-state index is 0.0401. The fraction of sp³-hybridized carbons (Fsp3) is 0.200. The van der Waals surface area contributed by atoms with Crippen molar-refractivity contribution in [1.29, 1.82) is 0 Å². The molecule has 0 atom stereocenters. The molecule has 2 rings (SSSR count). The first-order valence-corrected chi connectivity index (χ1v) is 6.95. The van der Waals surface area contributed by atoms with Gasteiger partial charge in [-0.15, -0.1) is 0 Å². The minimum Gasteiger partial charge on any atom is -0.396 e. The van der Waals surface area contributed by atoms with Gasteiger partial charge < -0.3 is 5.11 Å². The first-order valence-electron chi connectivity index (χ1n) is 6.24. The Labute approximate surface area is 126 Å². The van der Waals surface area contributed by atoms with Gasteiger partial charge in [-0.1, -0.05) is 17.7 Å². The number of carbonyl (C=O) groups excluding carboxylic acids is 1. The van der Waals surface area contributed by atoms with Crippen LogP contribution in [0.25, 0.3) is 0 Å². The molecule has 0 aliphatic heterocycles. The highest BCUT2D eigenvalue weighted by Crippen LogP contribution is 2.26. The number of hydrogen-bond donors (Lipinski definition) is 1. The Kier molecular flexibility index (Phi) is 4.87. The zero-order chi connectivity index (χ0) is 14.5. The molecule has 104 valence electrons. The molecule has 0 bridgehead atoms. The summed E-state index contributed by atoms with van der Waals surface area (Å²) in [5.74, 6) is -0.193. The van der Waals surface area contributed by atoms with Gasteiger partial charge in [0.05, 0.1) is 27.4 Å². The van der Waals surface area contributed by atoms with Crippen molar-refractivity contribution in [3.05, 3.63) is 59.4 Å². The number of carbonyl (C=O) groups is 1. The van der Waals surface area contributed by atoms with Gasteiger partial charge in [0.25, 0.3) is 5.91 Å². The summed E-state index contributed by atoms with van der Waals surface area (Å²) in [5.41, 5.74) is 3.24. The molecular formula is C15H15BrN2O2. The summed E-state index contributed by atoms with van der Waals surface area (Å²) >= 11 is 3.31. The maximum Gasteiger partial charge on any atom is 0.269 e. The van der Waals surface area contributed by atoms with Crippen molar-refractivity contribution in [2.24, 2.45) is 0 Å². The first-order chi connectivity index (χ1) is 9.63. The van der Waals surface area contributed by atoms with Crippen LogP contribution in [0.4, 0.5) is 5.69 Å². The lowest BCUT2D eigenvalue weighted by Crippen LogP contribution is -2.21. The molecule has 0 unspecified atom stereocenters. The molecule has 0 fully saturated rings. The number of rotatable bonds is 4. The van der Waals surface area contributed by atoms with Gasteiger partial charge in [-0.05, 0) is 37.1 Å². The van der Waals surface area contributed by atoms with Gasteiger partial charge >= 0.3 is 0 Å². The largest absolute Gasteiger partial charge is 0.396 e. The third kappa shape index (κ3) is 3.23. The number of aryl methyl sites for hydroxylation is 1. The Morgan fingerprint density at radius 3 is 2.85 bits per heavy atom. The number of amides is 1. The van der Waals surface area contributed by atoms with Gasteiger partial charge in [0.2, 0.25) is 0 Å². The highest BCUT2D eigenvalue weighted by atomic mass is 79.9. The number of aliphatic hydroxyl groups excluding tert-OH is 1. The van der Waals surface area contributed by atoms with Gasteiger partial charge in [0.15, 0.2) is 0 Å². The average Bonchev–Trinajstić information content (AvgIpc) is 2.47. The molecule has 1 aromatic heterocycles. The predicted molar refractivity (Wildman–Crippen MR) is 81.9 cm³/mol. The number of aromatic nitrogens is 1. The fourth-order valence-corrected chi connectivity index (χ4v) is 2.49. The van der Waals surface area contributed by atoms with E-state index < -0.39 is 0 Å². The van der Waals surface area contributed by atoms with E-state index in [1.807, 2.05) is 25.1 Å². The van der Waals surface area contributed by atoms with E-state index in [1.165, 1.54) is 10.1 Å². The number of nitrogens with zero attached hydrogens (tertiary/aromatic N) is 2. The molecule has 4 nitrogen and oxygen atoms in total. The number of aliphatic hydroxyl groups is 1. The van der Waals surface area contributed by atoms with E-state index in [2.05, 4.69) is 21.1 Å². The summed E-state index contributed by atoms with van der Waals surface area (Å²) in [6.07, 6.45) is 3.65. The van der Waals surface area contributed by atoms with Crippen molar-refractivity contribution >= 4 is 27.7 Å². The number of anilines is 1. The summed E-state index contributed by atoms with van der Waals surface area (Å²) in [5, 5.41) is 9.14. The standard InChI is InChI=1S/C15H15BrN2O2/c1-11-4-5-14(12(9-11)6-8-19)18(16)15(20)13-3-2-7-17-10-13/h2-5,7,9-10,19H,6,8H2,1H3. The molecule has 2 aromatic rings. The van der Waals surface area contributed by atoms with Gasteiger partial charge in [0.1, 0.15) is 0 Å². The van der Waals surface area contributed by atoms with Crippen LogP contribution in [0.15, 0.2) is 42.7 Å². The zero-order valence-corrected chi connectivity index (χ0v) is 12.7. The molecule has 1 heterocycles. The van der Waals surface area contributed by atoms with Crippen molar-refractivity contribution < 1.29 is 9.90 Å². The molecule has 0 saturated carbocycles. The lowest BCUT2D eigenvalue weighted by Gasteiger charge is -2.18. The molecule has 1 aromatic carbocycles. The van der Waals surface area contributed by atoms with E-state index in [1.54, 1.807) is 18.3 Å². The Morgan fingerprint density at radius 1 is 1.40 bits per heavy atom. The summed E-state index contributed by atoms with van der Waals surface area (Å²) in [7, 11) is 0. The Balaban J connectivity index is 2.33. The monoisotopic (exact) mass is 334 g/mol. The summed E-state index contributed by atoms with van der Waals surface area (Å²) in [6, 6.07) is 9.20. The van der Waals surface area contributed by atoms with Crippen LogP contribution in [0, 0.1) is 6.92 Å². The molecule has 0 spiro atoms. The van der Waals surface area contributed by atoms with Crippen LogP contribution in [0.1, 0.15) is 21.5 Å². The Morgan fingerprint density at radius 2 is 2.20 bits per heavy atom. The normalized spacial score (nSPS) is 10.3. The van der Waals surface area contributed by atoms with Crippen LogP contribution in [0.3, 0.4) is 0 Å². The maximum atomic E-state index is 12.4. The first kappa shape index (κ1) is 14.7. The molecular weight excluding hydrogens is 320 g/mol. The molecule has 1 N–H and O–H groups in total. The number of hydrogen-bond acceptors (Lipinski definition) is 3. The number of pyridine rings is 1. The van der Waals surface area contributed by atoms with Crippen molar-refractivity contribution in [2.45, 2.75) is 13.3 Å². The average molecular weight is 335 g/mol. The lowest BCUT2D eigenvalue weighted by atomic mass is 10.1. The maximum absolute atomic E-state index is 12.4. The summed E-state index contributed by atoms with van der Waals surface area (Å²) in [6.45, 7) is 2.02. The van der Waals surface area contributed by atoms with Crippen LogP contribution in [-0.4, -0.2) is 22.6 Å². The number of halogens is 1. The van der Waals surface area contributed by atoms with Crippen LogP contribution < -0.4 is 3.93 Å². The van der Waals surface area contributed by atoms with Crippen molar-refractivity contribution in [3.8, 4) is 0 Å². The second-order valence-electron chi connectivity index (χ2n) is 4.43. The molecule has 1 amide bonds. The van der Waals surface area contributed by atoms with Crippen molar-refractivity contribution in [2.75, 3.05) is 10.5 Å². The fourth-order valence-electron chi connectivity index (χ4n) is 1.94. The zero-order valence-electron chi connectivity index (χ0n) is 11.1. The van der Waals surface area contributed by atoms with E-state index in [0.717, 1.165) is 16.8 Å². The van der Waals surface area contributed by atoms with Crippen LogP contribution in [0.5, 0.6) is 0 Å². The second kappa shape index (κ2) is 6.63. The molecule has 0 aliphatic carbocycles. The van der Waals surface area contributed by atoms with E-state index in [9.17, 15) is 4.79 Å². The van der Waals surface area contributed by atoms with Gasteiger partial charge in [-0.3, -0.25) is 9.78 Å². The lowest BCUT2D eigenvalue weighted by molar-refractivity contribution is 0.101. The van der Waals surface area contributed by atoms with Crippen LogP contribution >= 0.6 is 16.1 Å². The highest BCUT2D eigenvalue weighted by Gasteiger charge is 2.18. The number of benzene rings is 1.